The minimum atomic E-state index is -3.59. The summed E-state index contributed by atoms with van der Waals surface area (Å²) in [6.07, 6.45) is 1.59. The maximum absolute atomic E-state index is 12.5. The van der Waals surface area contributed by atoms with Crippen molar-refractivity contribution in [3.8, 4) is 0 Å². The molecular weight excluding hydrogens is 511 g/mol. The SMILES string of the molecule is Cc1cc(CSc2ccccc2)ccc1NC(=O)CCCN(c1cc(Cl)ccc1Cl)S(C)(=O)=O. The Bertz CT molecular complexity index is 1250. The van der Waals surface area contributed by atoms with E-state index >= 15 is 0 Å². The molecule has 0 aliphatic rings. The molecule has 0 heterocycles. The highest BCUT2D eigenvalue weighted by molar-refractivity contribution is 7.98. The van der Waals surface area contributed by atoms with E-state index in [0.29, 0.717) is 17.1 Å². The van der Waals surface area contributed by atoms with Gasteiger partial charge in [-0.2, -0.15) is 0 Å². The summed E-state index contributed by atoms with van der Waals surface area (Å²) in [4.78, 5) is 13.7. The minimum absolute atomic E-state index is 0.112. The van der Waals surface area contributed by atoms with E-state index in [0.717, 1.165) is 23.3 Å². The van der Waals surface area contributed by atoms with Crippen LogP contribution in [-0.2, 0) is 20.6 Å². The average Bonchev–Trinajstić information content (AvgIpc) is 2.79. The Morgan fingerprint density at radius 2 is 1.76 bits per heavy atom. The Morgan fingerprint density at radius 1 is 1.03 bits per heavy atom. The average molecular weight is 538 g/mol. The number of hydrogen-bond acceptors (Lipinski definition) is 4. The third-order valence-electron chi connectivity index (χ3n) is 5.06. The molecule has 1 amide bonds. The Morgan fingerprint density at radius 3 is 2.44 bits per heavy atom. The Balaban J connectivity index is 1.56. The normalized spacial score (nSPS) is 11.3. The molecule has 0 atom stereocenters. The number of carbonyl (C=O) groups excluding carboxylic acids is 1. The standard InChI is InChI=1S/C25H26Cl2N2O3S2/c1-18-15-19(17-33-21-7-4-3-5-8-21)10-13-23(18)28-25(30)9-6-14-29(34(2,31)32)24-16-20(26)11-12-22(24)27/h3-5,7-8,10-13,15-16H,6,9,14,17H2,1-2H3,(H,28,30). The number of benzene rings is 3. The number of nitrogens with zero attached hydrogens (tertiary/aromatic N) is 1. The zero-order chi connectivity index (χ0) is 24.7. The lowest BCUT2D eigenvalue weighted by Gasteiger charge is -2.23. The van der Waals surface area contributed by atoms with Crippen LogP contribution >= 0.6 is 35.0 Å². The van der Waals surface area contributed by atoms with Crippen molar-refractivity contribution in [1.82, 2.24) is 0 Å². The van der Waals surface area contributed by atoms with Gasteiger partial charge in [-0.3, -0.25) is 9.10 Å². The Hall–Kier alpha value is -2.19. The van der Waals surface area contributed by atoms with Gasteiger partial charge in [-0.05, 0) is 60.9 Å². The van der Waals surface area contributed by atoms with Crippen molar-refractivity contribution in [1.29, 1.82) is 0 Å². The molecule has 5 nitrogen and oxygen atoms in total. The zero-order valence-corrected chi connectivity index (χ0v) is 22.1. The van der Waals surface area contributed by atoms with Crippen LogP contribution in [0.4, 0.5) is 11.4 Å². The molecule has 0 fully saturated rings. The molecule has 3 aromatic carbocycles. The number of carbonyl (C=O) groups is 1. The van der Waals surface area contributed by atoms with Crippen molar-refractivity contribution >= 4 is 62.3 Å². The number of anilines is 2. The fourth-order valence-electron chi connectivity index (χ4n) is 3.38. The molecule has 0 aromatic heterocycles. The van der Waals surface area contributed by atoms with Crippen LogP contribution in [0.5, 0.6) is 0 Å². The predicted octanol–water partition coefficient (Wildman–Crippen LogP) is 6.78. The van der Waals surface area contributed by atoms with Crippen LogP contribution in [0.2, 0.25) is 10.0 Å². The lowest BCUT2D eigenvalue weighted by atomic mass is 10.1. The first-order valence-electron chi connectivity index (χ1n) is 10.6. The van der Waals surface area contributed by atoms with Gasteiger partial charge in [0.25, 0.3) is 0 Å². The Labute approximate surface area is 215 Å². The fourth-order valence-corrected chi connectivity index (χ4v) is 5.64. The van der Waals surface area contributed by atoms with Gasteiger partial charge in [0, 0.05) is 34.3 Å². The molecule has 0 spiro atoms. The first kappa shape index (κ1) is 26.4. The van der Waals surface area contributed by atoms with Gasteiger partial charge in [-0.25, -0.2) is 8.42 Å². The predicted molar refractivity (Wildman–Crippen MR) is 144 cm³/mol. The summed E-state index contributed by atoms with van der Waals surface area (Å²) in [7, 11) is -3.59. The van der Waals surface area contributed by atoms with Crippen LogP contribution in [0.3, 0.4) is 0 Å². The largest absolute Gasteiger partial charge is 0.326 e. The van der Waals surface area contributed by atoms with Crippen LogP contribution in [0, 0.1) is 6.92 Å². The van der Waals surface area contributed by atoms with Crippen molar-refractivity contribution in [2.24, 2.45) is 0 Å². The van der Waals surface area contributed by atoms with E-state index in [1.54, 1.807) is 23.9 Å². The number of rotatable bonds is 10. The monoisotopic (exact) mass is 536 g/mol. The maximum Gasteiger partial charge on any atom is 0.232 e. The number of amides is 1. The third-order valence-corrected chi connectivity index (χ3v) is 7.87. The molecule has 3 rings (SSSR count). The highest BCUT2D eigenvalue weighted by Crippen LogP contribution is 2.31. The van der Waals surface area contributed by atoms with Crippen LogP contribution in [0.25, 0.3) is 0 Å². The summed E-state index contributed by atoms with van der Waals surface area (Å²) in [6, 6.07) is 20.8. The summed E-state index contributed by atoms with van der Waals surface area (Å²) < 4.78 is 25.8. The summed E-state index contributed by atoms with van der Waals surface area (Å²) >= 11 is 14.0. The lowest BCUT2D eigenvalue weighted by molar-refractivity contribution is -0.116. The molecule has 0 aliphatic carbocycles. The molecule has 0 unspecified atom stereocenters. The van der Waals surface area contributed by atoms with E-state index < -0.39 is 10.0 Å². The molecule has 0 aliphatic heterocycles. The van der Waals surface area contributed by atoms with E-state index in [-0.39, 0.29) is 23.9 Å². The molecule has 0 saturated carbocycles. The van der Waals surface area contributed by atoms with Gasteiger partial charge in [0.1, 0.15) is 0 Å². The van der Waals surface area contributed by atoms with E-state index in [1.807, 2.05) is 37.3 Å². The van der Waals surface area contributed by atoms with Gasteiger partial charge in [-0.1, -0.05) is 53.5 Å². The smallest absolute Gasteiger partial charge is 0.232 e. The zero-order valence-electron chi connectivity index (χ0n) is 18.9. The topological polar surface area (TPSA) is 66.5 Å². The van der Waals surface area contributed by atoms with E-state index in [1.165, 1.54) is 20.8 Å². The number of thioether (sulfide) groups is 1. The van der Waals surface area contributed by atoms with Gasteiger partial charge in [0.2, 0.25) is 15.9 Å². The molecule has 0 saturated heterocycles. The second kappa shape index (κ2) is 12.0. The van der Waals surface area contributed by atoms with Gasteiger partial charge in [-0.15, -0.1) is 11.8 Å². The van der Waals surface area contributed by atoms with E-state index in [9.17, 15) is 13.2 Å². The number of aryl methyl sites for hydroxylation is 1. The van der Waals surface area contributed by atoms with E-state index in [4.69, 9.17) is 23.2 Å². The molecule has 9 heteroatoms. The van der Waals surface area contributed by atoms with Crippen molar-refractivity contribution in [2.75, 3.05) is 22.4 Å². The summed E-state index contributed by atoms with van der Waals surface area (Å²) in [5.41, 5.74) is 3.20. The van der Waals surface area contributed by atoms with Crippen molar-refractivity contribution < 1.29 is 13.2 Å². The van der Waals surface area contributed by atoms with Gasteiger partial charge < -0.3 is 5.32 Å². The second-order valence-electron chi connectivity index (χ2n) is 7.83. The van der Waals surface area contributed by atoms with Gasteiger partial charge >= 0.3 is 0 Å². The number of sulfonamides is 1. The number of halogens is 2. The first-order chi connectivity index (χ1) is 16.1. The molecule has 34 heavy (non-hydrogen) atoms. The lowest BCUT2D eigenvalue weighted by Crippen LogP contribution is -2.31. The molecule has 3 aromatic rings. The molecule has 1 N–H and O–H groups in total. The van der Waals surface area contributed by atoms with Crippen LogP contribution in [0.1, 0.15) is 24.0 Å². The second-order valence-corrected chi connectivity index (χ2v) is 11.6. The molecular formula is C25H26Cl2N2O3S2. The van der Waals surface area contributed by atoms with Crippen molar-refractivity contribution in [2.45, 2.75) is 30.4 Å². The fraction of sp³-hybridized carbons (Fsp3) is 0.240. The van der Waals surface area contributed by atoms with E-state index in [2.05, 4.69) is 23.5 Å². The number of nitrogens with one attached hydrogen (secondary N) is 1. The quantitative estimate of drug-likeness (QED) is 0.290. The van der Waals surface area contributed by atoms with Gasteiger partial charge in [0.05, 0.1) is 17.0 Å². The van der Waals surface area contributed by atoms with Gasteiger partial charge in [0.15, 0.2) is 0 Å². The summed E-state index contributed by atoms with van der Waals surface area (Å²) in [6.45, 7) is 2.07. The first-order valence-corrected chi connectivity index (χ1v) is 14.2. The third kappa shape index (κ3) is 7.67. The van der Waals surface area contributed by atoms with Crippen LogP contribution < -0.4 is 9.62 Å². The number of hydrogen-bond donors (Lipinski definition) is 1. The molecule has 0 bridgehead atoms. The molecule has 180 valence electrons. The maximum atomic E-state index is 12.5. The summed E-state index contributed by atoms with van der Waals surface area (Å²) in [5, 5.41) is 3.58. The highest BCUT2D eigenvalue weighted by Gasteiger charge is 2.20. The van der Waals surface area contributed by atoms with Crippen LogP contribution in [0.15, 0.2) is 71.6 Å². The van der Waals surface area contributed by atoms with Crippen molar-refractivity contribution in [3.05, 3.63) is 87.9 Å². The highest BCUT2D eigenvalue weighted by atomic mass is 35.5. The molecule has 0 radical (unpaired) electrons. The summed E-state index contributed by atoms with van der Waals surface area (Å²) in [5.74, 6) is 0.659. The van der Waals surface area contributed by atoms with Crippen molar-refractivity contribution in [3.63, 3.8) is 0 Å². The minimum Gasteiger partial charge on any atom is -0.326 e. The Kier molecular flexibility index (Phi) is 9.31. The van der Waals surface area contributed by atoms with Crippen LogP contribution in [-0.4, -0.2) is 27.1 Å².